The second kappa shape index (κ2) is 10.1. The molecule has 0 nitrogen and oxygen atoms in total. The van der Waals surface area contributed by atoms with Crippen LogP contribution in [0.5, 0.6) is 0 Å². The summed E-state index contributed by atoms with van der Waals surface area (Å²) in [5, 5.41) is 7.85. The third-order valence-corrected chi connectivity index (χ3v) is 9.55. The predicted molar refractivity (Wildman–Crippen MR) is 188 cm³/mol. The Morgan fingerprint density at radius 1 is 0.250 bits per heavy atom. The summed E-state index contributed by atoms with van der Waals surface area (Å²) in [7, 11) is 0. The van der Waals surface area contributed by atoms with E-state index in [1.165, 1.54) is 88.0 Å². The van der Waals surface area contributed by atoms with Crippen LogP contribution in [0, 0.1) is 0 Å². The van der Waals surface area contributed by atoms with Crippen LogP contribution < -0.4 is 0 Å². The summed E-state index contributed by atoms with van der Waals surface area (Å²) in [5.41, 5.74) is 13.1. The van der Waals surface area contributed by atoms with Crippen LogP contribution in [0.3, 0.4) is 0 Å². The fourth-order valence-corrected chi connectivity index (χ4v) is 7.34. The van der Waals surface area contributed by atoms with Gasteiger partial charge in [0.05, 0.1) is 0 Å². The Kier molecular flexibility index (Phi) is 5.74. The quantitative estimate of drug-likeness (QED) is 0.189. The summed E-state index contributed by atoms with van der Waals surface area (Å²) in [6.07, 6.45) is 2.23. The van der Waals surface area contributed by atoms with Gasteiger partial charge in [-0.2, -0.15) is 0 Å². The van der Waals surface area contributed by atoms with Crippen molar-refractivity contribution in [3.63, 3.8) is 0 Å². The van der Waals surface area contributed by atoms with Gasteiger partial charge >= 0.3 is 0 Å². The van der Waals surface area contributed by atoms with E-state index in [0.717, 1.165) is 12.8 Å². The maximum absolute atomic E-state index is 2.39. The van der Waals surface area contributed by atoms with Crippen molar-refractivity contribution < 1.29 is 0 Å². The summed E-state index contributed by atoms with van der Waals surface area (Å²) in [4.78, 5) is 0. The molecule has 0 saturated heterocycles. The van der Waals surface area contributed by atoms with Gasteiger partial charge in [-0.3, -0.25) is 0 Å². The first-order chi connectivity index (χ1) is 21.8. The minimum atomic E-state index is 1.11. The molecule has 1 aliphatic rings. The molecule has 0 fully saturated rings. The van der Waals surface area contributed by atoms with E-state index in [4.69, 9.17) is 0 Å². The molecular formula is C44H30. The minimum Gasteiger partial charge on any atom is -0.0620 e. The zero-order valence-electron chi connectivity index (χ0n) is 24.4. The molecule has 0 N–H and O–H groups in total. The first-order valence-electron chi connectivity index (χ1n) is 15.6. The molecule has 8 aromatic carbocycles. The molecule has 206 valence electrons. The monoisotopic (exact) mass is 558 g/mol. The van der Waals surface area contributed by atoms with Crippen LogP contribution in [0.4, 0.5) is 0 Å². The van der Waals surface area contributed by atoms with E-state index in [1.54, 1.807) is 0 Å². The van der Waals surface area contributed by atoms with Gasteiger partial charge in [0.1, 0.15) is 0 Å². The van der Waals surface area contributed by atoms with Gasteiger partial charge in [-0.15, -0.1) is 0 Å². The van der Waals surface area contributed by atoms with Gasteiger partial charge in [-0.05, 0) is 125 Å². The molecule has 8 aromatic rings. The van der Waals surface area contributed by atoms with Crippen molar-refractivity contribution in [2.24, 2.45) is 0 Å². The van der Waals surface area contributed by atoms with Gasteiger partial charge in [0.15, 0.2) is 0 Å². The topological polar surface area (TPSA) is 0 Å². The lowest BCUT2D eigenvalue weighted by molar-refractivity contribution is 0.942. The summed E-state index contributed by atoms with van der Waals surface area (Å²) < 4.78 is 0. The zero-order chi connectivity index (χ0) is 29.0. The van der Waals surface area contributed by atoms with Crippen molar-refractivity contribution in [2.45, 2.75) is 12.8 Å². The fourth-order valence-electron chi connectivity index (χ4n) is 7.34. The average Bonchev–Trinajstić information content (AvgIpc) is 3.11. The summed E-state index contributed by atoms with van der Waals surface area (Å²) >= 11 is 0. The largest absolute Gasteiger partial charge is 0.0620 e. The SMILES string of the molecule is c1cc(-c2cccc(-c3ccc4c5ccccc5c5ccccc5c4c3)c2)cc(-c2ccc3c(c2)-c2ccccc2CC3)c1. The first kappa shape index (κ1) is 25.1. The summed E-state index contributed by atoms with van der Waals surface area (Å²) in [6.45, 7) is 0. The van der Waals surface area contributed by atoms with Crippen molar-refractivity contribution in [2.75, 3.05) is 0 Å². The Bertz CT molecular complexity index is 2350. The highest BCUT2D eigenvalue weighted by molar-refractivity contribution is 6.25. The molecule has 0 saturated carbocycles. The van der Waals surface area contributed by atoms with Gasteiger partial charge in [-0.25, -0.2) is 0 Å². The van der Waals surface area contributed by atoms with E-state index in [2.05, 4.69) is 158 Å². The molecule has 0 aliphatic heterocycles. The van der Waals surface area contributed by atoms with E-state index < -0.39 is 0 Å². The predicted octanol–water partition coefficient (Wildman–Crippen LogP) is 11.9. The third-order valence-electron chi connectivity index (χ3n) is 9.55. The van der Waals surface area contributed by atoms with Gasteiger partial charge in [0.2, 0.25) is 0 Å². The van der Waals surface area contributed by atoms with Crippen LogP contribution in [0.15, 0.2) is 158 Å². The summed E-state index contributed by atoms with van der Waals surface area (Å²) in [6, 6.07) is 58.4. The van der Waals surface area contributed by atoms with Crippen LogP contribution in [0.1, 0.15) is 11.1 Å². The molecule has 0 heteroatoms. The lowest BCUT2D eigenvalue weighted by atomic mass is 9.84. The molecule has 44 heavy (non-hydrogen) atoms. The summed E-state index contributed by atoms with van der Waals surface area (Å²) in [5.74, 6) is 0. The fraction of sp³-hybridized carbons (Fsp3) is 0.0455. The van der Waals surface area contributed by atoms with Crippen LogP contribution in [0.2, 0.25) is 0 Å². The molecule has 0 atom stereocenters. The standard InChI is InChI=1S/C44H30/c1-2-14-37-29(9-1)19-20-30-21-22-35(27-43(30)37)33-12-7-10-31(25-33)32-11-8-13-34(26-32)36-23-24-42-40-17-4-3-15-38(40)39-16-5-6-18-41(39)44(42)28-36/h1-18,21-28H,19-20H2. The molecule has 0 spiro atoms. The van der Waals surface area contributed by atoms with Gasteiger partial charge in [0.25, 0.3) is 0 Å². The smallest absolute Gasteiger partial charge is 0.00928 e. The van der Waals surface area contributed by atoms with Gasteiger partial charge in [0, 0.05) is 0 Å². The number of fused-ring (bicyclic) bond motifs is 9. The van der Waals surface area contributed by atoms with Gasteiger partial charge < -0.3 is 0 Å². The maximum atomic E-state index is 2.39. The van der Waals surface area contributed by atoms with Crippen molar-refractivity contribution in [1.82, 2.24) is 0 Å². The molecule has 0 unspecified atom stereocenters. The number of hydrogen-bond donors (Lipinski definition) is 0. The number of aryl methyl sites for hydroxylation is 2. The maximum Gasteiger partial charge on any atom is -0.00928 e. The molecule has 0 aromatic heterocycles. The lowest BCUT2D eigenvalue weighted by Crippen LogP contribution is -2.03. The molecule has 9 rings (SSSR count). The van der Waals surface area contributed by atoms with Crippen LogP contribution in [0.25, 0.3) is 76.8 Å². The highest BCUT2D eigenvalue weighted by Gasteiger charge is 2.16. The third kappa shape index (κ3) is 4.07. The highest BCUT2D eigenvalue weighted by Crippen LogP contribution is 2.39. The second-order valence-corrected chi connectivity index (χ2v) is 12.0. The number of rotatable bonds is 3. The van der Waals surface area contributed by atoms with Crippen LogP contribution in [-0.4, -0.2) is 0 Å². The molecule has 1 aliphatic carbocycles. The molecular weight excluding hydrogens is 528 g/mol. The number of hydrogen-bond acceptors (Lipinski definition) is 0. The Hall–Kier alpha value is -5.46. The zero-order valence-corrected chi connectivity index (χ0v) is 24.4. The lowest BCUT2D eigenvalue weighted by Gasteiger charge is -2.20. The van der Waals surface area contributed by atoms with E-state index in [1.807, 2.05) is 0 Å². The molecule has 0 heterocycles. The van der Waals surface area contributed by atoms with E-state index >= 15 is 0 Å². The normalized spacial score (nSPS) is 12.4. The van der Waals surface area contributed by atoms with E-state index in [-0.39, 0.29) is 0 Å². The van der Waals surface area contributed by atoms with Gasteiger partial charge in [-0.1, -0.05) is 133 Å². The molecule has 0 bridgehead atoms. The van der Waals surface area contributed by atoms with Crippen LogP contribution in [-0.2, 0) is 12.8 Å². The van der Waals surface area contributed by atoms with E-state index in [0.29, 0.717) is 0 Å². The Morgan fingerprint density at radius 2 is 0.682 bits per heavy atom. The Balaban J connectivity index is 1.12. The highest BCUT2D eigenvalue weighted by atomic mass is 14.2. The van der Waals surface area contributed by atoms with Crippen molar-refractivity contribution in [1.29, 1.82) is 0 Å². The van der Waals surface area contributed by atoms with Crippen molar-refractivity contribution in [3.8, 4) is 44.5 Å². The second-order valence-electron chi connectivity index (χ2n) is 12.0. The minimum absolute atomic E-state index is 1.11. The van der Waals surface area contributed by atoms with Crippen molar-refractivity contribution in [3.05, 3.63) is 169 Å². The number of benzene rings is 8. The molecule has 0 radical (unpaired) electrons. The van der Waals surface area contributed by atoms with E-state index in [9.17, 15) is 0 Å². The van der Waals surface area contributed by atoms with Crippen molar-refractivity contribution >= 4 is 32.3 Å². The van der Waals surface area contributed by atoms with Crippen LogP contribution >= 0.6 is 0 Å². The first-order valence-corrected chi connectivity index (χ1v) is 15.6. The Labute approximate surface area is 257 Å². The average molecular weight is 559 g/mol. The molecule has 0 amide bonds. The Morgan fingerprint density at radius 3 is 1.30 bits per heavy atom.